The number of nitrogens with zero attached hydrogens (tertiary/aromatic N) is 1. The number of hydrogen-bond donors (Lipinski definition) is 2. The van der Waals surface area contributed by atoms with Gasteiger partial charge in [0.15, 0.2) is 0 Å². The monoisotopic (exact) mass is 303 g/mol. The Labute approximate surface area is 126 Å². The minimum absolute atomic E-state index is 0.163. The number of nitrogens with two attached hydrogens (primary N) is 1. The number of fused-ring (bicyclic) bond motifs is 1. The van der Waals surface area contributed by atoms with Gasteiger partial charge in [-0.3, -0.25) is 15.0 Å². The maximum absolute atomic E-state index is 12.0. The van der Waals surface area contributed by atoms with Gasteiger partial charge in [0.1, 0.15) is 0 Å². The van der Waals surface area contributed by atoms with E-state index in [4.69, 9.17) is 5.84 Å². The molecule has 2 amide bonds. The second kappa shape index (κ2) is 5.83. The van der Waals surface area contributed by atoms with E-state index >= 15 is 0 Å². The molecule has 1 aliphatic rings. The van der Waals surface area contributed by atoms with Crippen LogP contribution in [0, 0.1) is 0 Å². The van der Waals surface area contributed by atoms with Gasteiger partial charge in [0.05, 0.1) is 4.88 Å². The third-order valence-corrected chi connectivity index (χ3v) is 5.02. The van der Waals surface area contributed by atoms with Gasteiger partial charge in [-0.05, 0) is 24.3 Å². The van der Waals surface area contributed by atoms with E-state index in [0.29, 0.717) is 17.8 Å². The zero-order valence-electron chi connectivity index (χ0n) is 11.6. The maximum Gasteiger partial charge on any atom is 0.275 e. The van der Waals surface area contributed by atoms with Gasteiger partial charge in [0, 0.05) is 29.8 Å². The van der Waals surface area contributed by atoms with Crippen LogP contribution in [-0.2, 0) is 11.3 Å². The Morgan fingerprint density at radius 1 is 1.33 bits per heavy atom. The predicted octanol–water partition coefficient (Wildman–Crippen LogP) is 2.02. The minimum Gasteiger partial charge on any atom is -0.338 e. The summed E-state index contributed by atoms with van der Waals surface area (Å²) in [5.41, 5.74) is 3.10. The first-order valence-corrected chi connectivity index (χ1v) is 7.81. The van der Waals surface area contributed by atoms with Gasteiger partial charge >= 0.3 is 0 Å². The molecule has 0 aliphatic carbocycles. The van der Waals surface area contributed by atoms with Crippen molar-refractivity contribution in [3.63, 3.8) is 0 Å². The van der Waals surface area contributed by atoms with E-state index in [0.717, 1.165) is 35.0 Å². The Morgan fingerprint density at radius 3 is 2.90 bits per heavy atom. The topological polar surface area (TPSA) is 75.4 Å². The second-order valence-electron chi connectivity index (χ2n) is 5.15. The number of hydrogen-bond acceptors (Lipinski definition) is 4. The summed E-state index contributed by atoms with van der Waals surface area (Å²) in [6.07, 6.45) is 2.57. The fraction of sp³-hybridized carbons (Fsp3) is 0.333. The highest BCUT2D eigenvalue weighted by Gasteiger charge is 2.23. The van der Waals surface area contributed by atoms with Crippen molar-refractivity contribution in [2.24, 2.45) is 5.84 Å². The molecule has 110 valence electrons. The predicted molar refractivity (Wildman–Crippen MR) is 82.7 cm³/mol. The number of nitrogens with one attached hydrogen (secondary N) is 1. The van der Waals surface area contributed by atoms with Crippen LogP contribution in [0.25, 0.3) is 10.1 Å². The number of likely N-dealkylation sites (tertiary alicyclic amines) is 1. The molecule has 2 heterocycles. The van der Waals surface area contributed by atoms with Crippen molar-refractivity contribution >= 4 is 33.2 Å². The van der Waals surface area contributed by atoms with Crippen LogP contribution >= 0.6 is 11.3 Å². The van der Waals surface area contributed by atoms with Gasteiger partial charge < -0.3 is 4.90 Å². The first kappa shape index (κ1) is 14.0. The van der Waals surface area contributed by atoms with E-state index in [1.165, 1.54) is 11.3 Å². The van der Waals surface area contributed by atoms with Crippen LogP contribution < -0.4 is 11.3 Å². The highest BCUT2D eigenvalue weighted by atomic mass is 32.1. The molecule has 21 heavy (non-hydrogen) atoms. The molecule has 1 fully saturated rings. The van der Waals surface area contributed by atoms with Crippen molar-refractivity contribution in [2.45, 2.75) is 25.8 Å². The molecule has 3 N–H and O–H groups in total. The number of rotatable bonds is 3. The molecule has 0 saturated carbocycles. The van der Waals surface area contributed by atoms with Crippen molar-refractivity contribution in [3.05, 3.63) is 34.7 Å². The Morgan fingerprint density at radius 2 is 2.14 bits per heavy atom. The largest absolute Gasteiger partial charge is 0.338 e. The molecule has 0 unspecified atom stereocenters. The number of carbonyl (C=O) groups excluding carboxylic acids is 2. The molecule has 0 atom stereocenters. The van der Waals surface area contributed by atoms with Gasteiger partial charge in [-0.25, -0.2) is 5.84 Å². The lowest BCUT2D eigenvalue weighted by Crippen LogP contribution is -2.36. The molecule has 0 spiro atoms. The smallest absolute Gasteiger partial charge is 0.275 e. The lowest BCUT2D eigenvalue weighted by molar-refractivity contribution is -0.133. The zero-order chi connectivity index (χ0) is 14.8. The Hall–Kier alpha value is -1.92. The summed E-state index contributed by atoms with van der Waals surface area (Å²) in [7, 11) is 0. The second-order valence-corrected chi connectivity index (χ2v) is 6.20. The number of nitrogen functional groups attached to an aromatic ring is 1. The molecular weight excluding hydrogens is 286 g/mol. The summed E-state index contributed by atoms with van der Waals surface area (Å²) in [6.45, 7) is 1.23. The Bertz CT molecular complexity index is 695. The molecule has 3 rings (SSSR count). The number of benzene rings is 1. The molecule has 1 aromatic heterocycles. The number of carbonyl (C=O) groups is 2. The summed E-state index contributed by atoms with van der Waals surface area (Å²) < 4.78 is 1.04. The summed E-state index contributed by atoms with van der Waals surface area (Å²) in [6, 6.07) is 7.86. The van der Waals surface area contributed by atoms with Gasteiger partial charge in [-0.1, -0.05) is 18.2 Å². The lowest BCUT2D eigenvalue weighted by Gasteiger charge is -2.27. The maximum atomic E-state index is 12.0. The van der Waals surface area contributed by atoms with Crippen LogP contribution in [0.3, 0.4) is 0 Å². The highest BCUT2D eigenvalue weighted by molar-refractivity contribution is 7.21. The van der Waals surface area contributed by atoms with E-state index in [-0.39, 0.29) is 11.8 Å². The average molecular weight is 303 g/mol. The normalized spacial score (nSPS) is 15.5. The standard InChI is InChI=1S/C15H17N3O2S/c16-17-15(20)14-11(9-18-8-4-3-7-13(18)19)10-5-1-2-6-12(10)21-14/h1-2,5-6H,3-4,7-9,16H2,(H,17,20). The molecule has 1 aliphatic heterocycles. The van der Waals surface area contributed by atoms with E-state index in [1.807, 2.05) is 29.2 Å². The third-order valence-electron chi connectivity index (χ3n) is 3.81. The lowest BCUT2D eigenvalue weighted by atomic mass is 10.1. The van der Waals surface area contributed by atoms with Crippen LogP contribution in [-0.4, -0.2) is 23.3 Å². The van der Waals surface area contributed by atoms with Crippen LogP contribution in [0.1, 0.15) is 34.5 Å². The van der Waals surface area contributed by atoms with Gasteiger partial charge in [0.25, 0.3) is 5.91 Å². The zero-order valence-corrected chi connectivity index (χ0v) is 12.4. The van der Waals surface area contributed by atoms with Gasteiger partial charge in [-0.2, -0.15) is 0 Å². The Kier molecular flexibility index (Phi) is 3.90. The average Bonchev–Trinajstić information content (AvgIpc) is 2.88. The third kappa shape index (κ3) is 2.64. The Balaban J connectivity index is 2.02. The molecule has 6 heteroatoms. The van der Waals surface area contributed by atoms with Crippen molar-refractivity contribution in [1.82, 2.24) is 10.3 Å². The molecule has 0 radical (unpaired) electrons. The van der Waals surface area contributed by atoms with Crippen LogP contribution in [0.15, 0.2) is 24.3 Å². The first-order chi connectivity index (χ1) is 10.2. The van der Waals surface area contributed by atoms with Crippen molar-refractivity contribution in [3.8, 4) is 0 Å². The van der Waals surface area contributed by atoms with Crippen molar-refractivity contribution < 1.29 is 9.59 Å². The number of amides is 2. The quantitative estimate of drug-likeness (QED) is 0.517. The van der Waals surface area contributed by atoms with Crippen molar-refractivity contribution in [2.75, 3.05) is 6.54 Å². The van der Waals surface area contributed by atoms with E-state index in [2.05, 4.69) is 5.43 Å². The molecule has 1 saturated heterocycles. The summed E-state index contributed by atoms with van der Waals surface area (Å²) in [5, 5.41) is 1.03. The van der Waals surface area contributed by atoms with Crippen molar-refractivity contribution in [1.29, 1.82) is 0 Å². The van der Waals surface area contributed by atoms with Crippen LogP contribution in [0.4, 0.5) is 0 Å². The molecule has 2 aromatic rings. The first-order valence-electron chi connectivity index (χ1n) is 7.00. The molecule has 1 aromatic carbocycles. The summed E-state index contributed by atoms with van der Waals surface area (Å²) in [5.74, 6) is 5.15. The molecular formula is C15H17N3O2S. The SMILES string of the molecule is NNC(=O)c1sc2ccccc2c1CN1CCCCC1=O. The number of hydrazine groups is 1. The molecule has 0 bridgehead atoms. The van der Waals surface area contributed by atoms with E-state index in [9.17, 15) is 9.59 Å². The van der Waals surface area contributed by atoms with E-state index < -0.39 is 0 Å². The summed E-state index contributed by atoms with van der Waals surface area (Å²) >= 11 is 1.42. The van der Waals surface area contributed by atoms with Crippen LogP contribution in [0.5, 0.6) is 0 Å². The number of thiophene rings is 1. The highest BCUT2D eigenvalue weighted by Crippen LogP contribution is 2.32. The van der Waals surface area contributed by atoms with E-state index in [1.54, 1.807) is 0 Å². The van der Waals surface area contributed by atoms with Crippen LogP contribution in [0.2, 0.25) is 0 Å². The molecule has 5 nitrogen and oxygen atoms in total. The minimum atomic E-state index is -0.296. The fourth-order valence-corrected chi connectivity index (χ4v) is 3.84. The summed E-state index contributed by atoms with van der Waals surface area (Å²) in [4.78, 5) is 26.4. The fourth-order valence-electron chi connectivity index (χ4n) is 2.72. The van der Waals surface area contributed by atoms with Gasteiger partial charge in [-0.15, -0.1) is 11.3 Å². The van der Waals surface area contributed by atoms with Gasteiger partial charge in [0.2, 0.25) is 5.91 Å². The number of piperidine rings is 1.